The van der Waals surface area contributed by atoms with Crippen LogP contribution in [0.4, 0.5) is 0 Å². The Kier molecular flexibility index (Phi) is 13.8. The molecule has 5 atom stereocenters. The first-order chi connectivity index (χ1) is 26.3. The number of fused-ring (bicyclic) bond motifs is 1. The van der Waals surface area contributed by atoms with Gasteiger partial charge >= 0.3 is 5.97 Å². The number of H-pyrrole nitrogens is 1. The summed E-state index contributed by atoms with van der Waals surface area (Å²) in [5.74, 6) is -4.45. The number of aromatic carboxylic acids is 1. The quantitative estimate of drug-likeness (QED) is 0.118. The number of ether oxygens (including phenoxy) is 1. The van der Waals surface area contributed by atoms with Gasteiger partial charge in [-0.2, -0.15) is 0 Å². The lowest BCUT2D eigenvalue weighted by atomic mass is 9.73. The van der Waals surface area contributed by atoms with Crippen LogP contribution in [0.1, 0.15) is 98.8 Å². The van der Waals surface area contributed by atoms with Gasteiger partial charge in [-0.3, -0.25) is 24.1 Å². The molecule has 55 heavy (non-hydrogen) atoms. The maximum atomic E-state index is 15.6. The molecule has 4 amide bonds. The van der Waals surface area contributed by atoms with Crippen molar-refractivity contribution in [2.45, 2.75) is 108 Å². The lowest BCUT2D eigenvalue weighted by Gasteiger charge is -2.46. The zero-order chi connectivity index (χ0) is 39.7. The SMILES string of the molecule is CC(=O)N(C(=O)C(N)Cc1ccccc1)[C@](Cc1cnc[nH]1)(C(=O)N[C@@H](CC1CCCCC1)[C@@H](O)CC(=O)NCC(C)C)C1COc2ccc(C(=O)O)cc21. The van der Waals surface area contributed by atoms with Crippen LogP contribution < -0.4 is 21.1 Å². The Morgan fingerprint density at radius 3 is 2.44 bits per heavy atom. The van der Waals surface area contributed by atoms with Gasteiger partial charge in [0.2, 0.25) is 23.6 Å². The minimum absolute atomic E-state index is 0.0562. The number of carbonyl (C=O) groups excluding carboxylic acids is 4. The molecule has 0 radical (unpaired) electrons. The first kappa shape index (κ1) is 41.1. The smallest absolute Gasteiger partial charge is 0.335 e. The fourth-order valence-electron chi connectivity index (χ4n) is 7.98. The van der Waals surface area contributed by atoms with Gasteiger partial charge in [-0.15, -0.1) is 0 Å². The summed E-state index contributed by atoms with van der Waals surface area (Å²) in [4.78, 5) is 77.7. The van der Waals surface area contributed by atoms with Crippen LogP contribution >= 0.6 is 0 Å². The third-order valence-electron chi connectivity index (χ3n) is 10.8. The number of benzene rings is 2. The van der Waals surface area contributed by atoms with Crippen molar-refractivity contribution in [1.29, 1.82) is 0 Å². The fraction of sp³-hybridized carbons (Fsp3) is 0.512. The number of rotatable bonds is 17. The first-order valence-electron chi connectivity index (χ1n) is 19.2. The Hall–Kier alpha value is -5.08. The second kappa shape index (κ2) is 18.5. The topological polar surface area (TPSA) is 217 Å². The van der Waals surface area contributed by atoms with Crippen molar-refractivity contribution in [2.75, 3.05) is 13.2 Å². The number of nitrogens with one attached hydrogen (secondary N) is 3. The van der Waals surface area contributed by atoms with Crippen molar-refractivity contribution in [3.8, 4) is 5.75 Å². The Bertz CT molecular complexity index is 1790. The highest BCUT2D eigenvalue weighted by Crippen LogP contribution is 2.46. The van der Waals surface area contributed by atoms with E-state index in [1.165, 1.54) is 37.6 Å². The van der Waals surface area contributed by atoms with E-state index in [1.807, 2.05) is 19.9 Å². The standard InChI is InChI=1S/C41H54N6O8/c1-25(2)21-44-37(50)19-35(49)34(17-28-12-8-5-9-13-28)46-40(54)41(20-30-22-43-24-45-30,32-23-55-36-15-14-29(39(52)53)18-31(32)36)47(26(3)48)38(51)33(42)16-27-10-6-4-7-11-27/h4,6-7,10-11,14-15,18,22,24-25,28,32-35,49H,5,8-9,12-13,16-17,19-21,23,42H2,1-3H3,(H,43,45)(H,44,50)(H,46,54)(H,52,53)/t32?,33?,34-,35-,41-/m0/s1. The Labute approximate surface area is 321 Å². The molecule has 3 aromatic rings. The molecule has 2 aliphatic rings. The van der Waals surface area contributed by atoms with E-state index in [0.29, 0.717) is 30.0 Å². The van der Waals surface area contributed by atoms with Crippen LogP contribution in [0.3, 0.4) is 0 Å². The molecule has 1 fully saturated rings. The van der Waals surface area contributed by atoms with Gasteiger partial charge in [0.05, 0.1) is 49.0 Å². The van der Waals surface area contributed by atoms with Gasteiger partial charge in [0.15, 0.2) is 0 Å². The molecule has 1 aliphatic carbocycles. The molecule has 2 unspecified atom stereocenters. The molecule has 0 saturated heterocycles. The number of aliphatic hydroxyl groups is 1. The fourth-order valence-corrected chi connectivity index (χ4v) is 7.98. The molecule has 0 bridgehead atoms. The lowest BCUT2D eigenvalue weighted by Crippen LogP contribution is -2.70. The Morgan fingerprint density at radius 2 is 1.80 bits per heavy atom. The number of hydrogen-bond acceptors (Lipinski definition) is 9. The van der Waals surface area contributed by atoms with Crippen LogP contribution in [0.2, 0.25) is 0 Å². The van der Waals surface area contributed by atoms with Crippen LogP contribution in [0.25, 0.3) is 0 Å². The van der Waals surface area contributed by atoms with E-state index >= 15 is 4.79 Å². The van der Waals surface area contributed by atoms with Crippen molar-refractivity contribution >= 4 is 29.6 Å². The van der Waals surface area contributed by atoms with Gasteiger partial charge in [0.1, 0.15) is 11.3 Å². The molecule has 0 spiro atoms. The number of carboxylic acids is 1. The van der Waals surface area contributed by atoms with Gasteiger partial charge in [-0.25, -0.2) is 9.78 Å². The van der Waals surface area contributed by atoms with E-state index in [2.05, 4.69) is 20.6 Å². The van der Waals surface area contributed by atoms with Crippen molar-refractivity contribution in [2.24, 2.45) is 17.6 Å². The summed E-state index contributed by atoms with van der Waals surface area (Å²) in [6.45, 7) is 5.32. The average Bonchev–Trinajstić information content (AvgIpc) is 3.84. The summed E-state index contributed by atoms with van der Waals surface area (Å²) in [6, 6.07) is 11.1. The third kappa shape index (κ3) is 9.97. The summed E-state index contributed by atoms with van der Waals surface area (Å²) in [5, 5.41) is 27.6. The van der Waals surface area contributed by atoms with E-state index < -0.39 is 53.3 Å². The van der Waals surface area contributed by atoms with Gasteiger partial charge in [-0.1, -0.05) is 76.3 Å². The number of nitrogens with zero attached hydrogens (tertiary/aromatic N) is 2. The van der Waals surface area contributed by atoms with Gasteiger partial charge in [-0.05, 0) is 48.4 Å². The number of carbonyl (C=O) groups is 5. The van der Waals surface area contributed by atoms with Crippen LogP contribution in [-0.4, -0.2) is 91.6 Å². The molecular formula is C41H54N6O8. The number of amides is 4. The number of carboxylic acid groups (broad SMARTS) is 1. The molecular weight excluding hydrogens is 704 g/mol. The summed E-state index contributed by atoms with van der Waals surface area (Å²) in [7, 11) is 0. The molecule has 7 N–H and O–H groups in total. The van der Waals surface area contributed by atoms with E-state index in [0.717, 1.165) is 42.6 Å². The van der Waals surface area contributed by atoms with Crippen LogP contribution in [0, 0.1) is 11.8 Å². The highest BCUT2D eigenvalue weighted by atomic mass is 16.5. The predicted molar refractivity (Wildman–Crippen MR) is 204 cm³/mol. The Morgan fingerprint density at radius 1 is 1.07 bits per heavy atom. The van der Waals surface area contributed by atoms with Gasteiger partial charge < -0.3 is 36.3 Å². The number of hydrogen-bond donors (Lipinski definition) is 6. The van der Waals surface area contributed by atoms with E-state index in [1.54, 1.807) is 24.3 Å². The van der Waals surface area contributed by atoms with Crippen molar-refractivity contribution < 1.29 is 38.9 Å². The van der Waals surface area contributed by atoms with Crippen LogP contribution in [-0.2, 0) is 32.0 Å². The van der Waals surface area contributed by atoms with Gasteiger partial charge in [0, 0.05) is 37.3 Å². The second-order valence-electron chi connectivity index (χ2n) is 15.4. The molecule has 14 heteroatoms. The van der Waals surface area contributed by atoms with E-state index in [-0.39, 0.29) is 49.2 Å². The minimum atomic E-state index is -2.13. The average molecular weight is 759 g/mol. The monoisotopic (exact) mass is 758 g/mol. The highest BCUT2D eigenvalue weighted by molar-refractivity contribution is 6.05. The zero-order valence-electron chi connectivity index (χ0n) is 31.8. The van der Waals surface area contributed by atoms with Crippen LogP contribution in [0.5, 0.6) is 5.75 Å². The normalized spacial score (nSPS) is 18.3. The number of imidazole rings is 1. The molecule has 296 valence electrons. The predicted octanol–water partition coefficient (Wildman–Crippen LogP) is 3.49. The largest absolute Gasteiger partial charge is 0.493 e. The number of nitrogens with two attached hydrogens (primary N) is 1. The molecule has 5 rings (SSSR count). The lowest BCUT2D eigenvalue weighted by molar-refractivity contribution is -0.161. The van der Waals surface area contributed by atoms with Crippen molar-refractivity contribution in [1.82, 2.24) is 25.5 Å². The van der Waals surface area contributed by atoms with Gasteiger partial charge in [0.25, 0.3) is 0 Å². The second-order valence-corrected chi connectivity index (χ2v) is 15.4. The summed E-state index contributed by atoms with van der Waals surface area (Å²) in [6.07, 6.45) is 6.25. The van der Waals surface area contributed by atoms with Crippen molar-refractivity contribution in [3.63, 3.8) is 0 Å². The molecule has 2 heterocycles. The zero-order valence-corrected chi connectivity index (χ0v) is 31.8. The number of imide groups is 1. The maximum Gasteiger partial charge on any atom is 0.335 e. The number of aromatic nitrogens is 2. The summed E-state index contributed by atoms with van der Waals surface area (Å²) < 4.78 is 6.08. The van der Waals surface area contributed by atoms with Crippen LogP contribution in [0.15, 0.2) is 61.1 Å². The molecule has 1 aliphatic heterocycles. The summed E-state index contributed by atoms with van der Waals surface area (Å²) >= 11 is 0. The number of aromatic amines is 1. The maximum absolute atomic E-state index is 15.6. The minimum Gasteiger partial charge on any atom is -0.493 e. The third-order valence-corrected chi connectivity index (χ3v) is 10.8. The van der Waals surface area contributed by atoms with E-state index in [9.17, 15) is 29.4 Å². The molecule has 2 aromatic carbocycles. The molecule has 1 saturated carbocycles. The number of aliphatic hydroxyl groups excluding tert-OH is 1. The summed E-state index contributed by atoms with van der Waals surface area (Å²) in [5.41, 5.74) is 5.84. The Balaban J connectivity index is 1.65. The van der Waals surface area contributed by atoms with E-state index in [4.69, 9.17) is 10.5 Å². The van der Waals surface area contributed by atoms with Crippen molar-refractivity contribution in [3.05, 3.63) is 83.4 Å². The first-order valence-corrected chi connectivity index (χ1v) is 19.2. The molecule has 14 nitrogen and oxygen atoms in total. The highest BCUT2D eigenvalue weighted by Gasteiger charge is 2.58. The molecule has 1 aromatic heterocycles.